The summed E-state index contributed by atoms with van der Waals surface area (Å²) in [5.74, 6) is 3.68. The van der Waals surface area contributed by atoms with Gasteiger partial charge in [-0.1, -0.05) is 40.0 Å². The number of piperazine rings is 1. The summed E-state index contributed by atoms with van der Waals surface area (Å²) < 4.78 is 0. The second-order valence-corrected chi connectivity index (χ2v) is 8.49. The van der Waals surface area contributed by atoms with Crippen LogP contribution in [0.25, 0.3) is 0 Å². The fraction of sp³-hybridized carbons (Fsp3) is 1.00. The molecule has 2 saturated carbocycles. The van der Waals surface area contributed by atoms with Crippen molar-refractivity contribution in [3.63, 3.8) is 0 Å². The highest BCUT2D eigenvalue weighted by Crippen LogP contribution is 2.38. The van der Waals surface area contributed by atoms with E-state index < -0.39 is 0 Å². The summed E-state index contributed by atoms with van der Waals surface area (Å²) in [6, 6.07) is 1.53. The zero-order valence-electron chi connectivity index (χ0n) is 14.5. The van der Waals surface area contributed by atoms with Crippen LogP contribution < -0.4 is 5.32 Å². The molecule has 1 N–H and O–H groups in total. The van der Waals surface area contributed by atoms with Crippen molar-refractivity contribution in [3.05, 3.63) is 0 Å². The third kappa shape index (κ3) is 4.01. The standard InChI is InChI=1S/C19H36N2/c1-14(2)19-11-20-18(17-7-5-4-6-8-17)13-21(19)12-15(3)16-9-10-16/h14-20H,4-13H2,1-3H3. The van der Waals surface area contributed by atoms with Crippen LogP contribution in [0.1, 0.15) is 65.7 Å². The van der Waals surface area contributed by atoms with Crippen molar-refractivity contribution in [3.8, 4) is 0 Å². The number of nitrogens with zero attached hydrogens (tertiary/aromatic N) is 1. The third-order valence-electron chi connectivity index (χ3n) is 6.43. The van der Waals surface area contributed by atoms with Crippen LogP contribution >= 0.6 is 0 Å². The Hall–Kier alpha value is -0.0800. The first-order valence-electron chi connectivity index (χ1n) is 9.62. The second kappa shape index (κ2) is 7.00. The largest absolute Gasteiger partial charge is 0.311 e. The van der Waals surface area contributed by atoms with E-state index in [1.807, 2.05) is 0 Å². The molecule has 0 amide bonds. The minimum atomic E-state index is 0.756. The normalized spacial score (nSPS) is 34.3. The smallest absolute Gasteiger partial charge is 0.0244 e. The molecule has 3 fully saturated rings. The van der Waals surface area contributed by atoms with Crippen LogP contribution in [0.5, 0.6) is 0 Å². The van der Waals surface area contributed by atoms with E-state index >= 15 is 0 Å². The van der Waals surface area contributed by atoms with Crippen LogP contribution in [0, 0.1) is 23.7 Å². The Kier molecular flexibility index (Phi) is 5.27. The molecular weight excluding hydrogens is 256 g/mol. The Balaban J connectivity index is 1.59. The third-order valence-corrected chi connectivity index (χ3v) is 6.43. The summed E-state index contributed by atoms with van der Waals surface area (Å²) in [4.78, 5) is 2.86. The SMILES string of the molecule is CC(C)C1CNC(C2CCCCC2)CN1CC(C)C1CC1. The van der Waals surface area contributed by atoms with E-state index in [9.17, 15) is 0 Å². The van der Waals surface area contributed by atoms with Crippen LogP contribution in [0.4, 0.5) is 0 Å². The molecular formula is C19H36N2. The van der Waals surface area contributed by atoms with Crippen LogP contribution in [-0.2, 0) is 0 Å². The predicted molar refractivity (Wildman–Crippen MR) is 90.5 cm³/mol. The number of nitrogens with one attached hydrogen (secondary N) is 1. The van der Waals surface area contributed by atoms with E-state index in [-0.39, 0.29) is 0 Å². The summed E-state index contributed by atoms with van der Waals surface area (Å²) in [5, 5.41) is 3.93. The Bertz CT molecular complexity index is 318. The molecule has 21 heavy (non-hydrogen) atoms. The summed E-state index contributed by atoms with van der Waals surface area (Å²) in [6.07, 6.45) is 10.3. The maximum atomic E-state index is 3.93. The molecule has 3 unspecified atom stereocenters. The summed E-state index contributed by atoms with van der Waals surface area (Å²) in [5.41, 5.74) is 0. The van der Waals surface area contributed by atoms with Gasteiger partial charge in [0.2, 0.25) is 0 Å². The van der Waals surface area contributed by atoms with Crippen LogP contribution in [0.3, 0.4) is 0 Å². The van der Waals surface area contributed by atoms with Crippen molar-refractivity contribution < 1.29 is 0 Å². The first-order valence-corrected chi connectivity index (χ1v) is 9.62. The topological polar surface area (TPSA) is 15.3 Å². The summed E-state index contributed by atoms with van der Waals surface area (Å²) >= 11 is 0. The summed E-state index contributed by atoms with van der Waals surface area (Å²) in [7, 11) is 0. The zero-order chi connectivity index (χ0) is 14.8. The molecule has 2 heteroatoms. The van der Waals surface area contributed by atoms with Gasteiger partial charge in [0, 0.05) is 31.7 Å². The van der Waals surface area contributed by atoms with Gasteiger partial charge in [-0.2, -0.15) is 0 Å². The van der Waals surface area contributed by atoms with Gasteiger partial charge in [-0.15, -0.1) is 0 Å². The molecule has 0 bridgehead atoms. The van der Waals surface area contributed by atoms with Gasteiger partial charge in [0.05, 0.1) is 0 Å². The Morgan fingerprint density at radius 2 is 1.71 bits per heavy atom. The minimum Gasteiger partial charge on any atom is -0.311 e. The molecule has 1 heterocycles. The van der Waals surface area contributed by atoms with Gasteiger partial charge in [0.15, 0.2) is 0 Å². The Morgan fingerprint density at radius 3 is 2.33 bits per heavy atom. The van der Waals surface area contributed by atoms with Crippen molar-refractivity contribution in [2.75, 3.05) is 19.6 Å². The highest BCUT2D eigenvalue weighted by atomic mass is 15.2. The average Bonchev–Trinajstić information content (AvgIpc) is 3.32. The van der Waals surface area contributed by atoms with Crippen molar-refractivity contribution in [1.82, 2.24) is 10.2 Å². The lowest BCUT2D eigenvalue weighted by Gasteiger charge is -2.46. The molecule has 0 aromatic carbocycles. The molecule has 3 atom stereocenters. The molecule has 122 valence electrons. The maximum Gasteiger partial charge on any atom is 0.0244 e. The van der Waals surface area contributed by atoms with Crippen molar-refractivity contribution in [2.24, 2.45) is 23.7 Å². The molecule has 0 radical (unpaired) electrons. The predicted octanol–water partition coefficient (Wildman–Crippen LogP) is 3.91. The van der Waals surface area contributed by atoms with Crippen molar-refractivity contribution in [1.29, 1.82) is 0 Å². The van der Waals surface area contributed by atoms with Gasteiger partial charge >= 0.3 is 0 Å². The zero-order valence-corrected chi connectivity index (χ0v) is 14.5. The van der Waals surface area contributed by atoms with Gasteiger partial charge in [-0.05, 0) is 49.4 Å². The molecule has 1 aliphatic heterocycles. The van der Waals surface area contributed by atoms with E-state index in [4.69, 9.17) is 0 Å². The summed E-state index contributed by atoms with van der Waals surface area (Å²) in [6.45, 7) is 11.2. The molecule has 0 aromatic rings. The second-order valence-electron chi connectivity index (χ2n) is 8.49. The lowest BCUT2D eigenvalue weighted by molar-refractivity contribution is 0.0581. The molecule has 2 aliphatic carbocycles. The van der Waals surface area contributed by atoms with E-state index in [0.29, 0.717) is 0 Å². The number of rotatable bonds is 5. The van der Waals surface area contributed by atoms with Gasteiger partial charge in [-0.25, -0.2) is 0 Å². The van der Waals surface area contributed by atoms with Crippen molar-refractivity contribution >= 4 is 0 Å². The highest BCUT2D eigenvalue weighted by molar-refractivity contribution is 4.93. The fourth-order valence-electron chi connectivity index (χ4n) is 4.76. The monoisotopic (exact) mass is 292 g/mol. The van der Waals surface area contributed by atoms with Crippen LogP contribution in [-0.4, -0.2) is 36.6 Å². The van der Waals surface area contributed by atoms with E-state index in [1.54, 1.807) is 0 Å². The van der Waals surface area contributed by atoms with E-state index in [1.165, 1.54) is 64.6 Å². The first-order chi connectivity index (χ1) is 10.1. The van der Waals surface area contributed by atoms with E-state index in [2.05, 4.69) is 31.0 Å². The number of hydrogen-bond donors (Lipinski definition) is 1. The fourth-order valence-corrected chi connectivity index (χ4v) is 4.76. The molecule has 0 aromatic heterocycles. The molecule has 2 nitrogen and oxygen atoms in total. The van der Waals surface area contributed by atoms with Crippen LogP contribution in [0.2, 0.25) is 0 Å². The average molecular weight is 293 g/mol. The molecule has 3 aliphatic rings. The number of hydrogen-bond acceptors (Lipinski definition) is 2. The molecule has 1 saturated heterocycles. The van der Waals surface area contributed by atoms with Crippen molar-refractivity contribution in [2.45, 2.75) is 77.8 Å². The Morgan fingerprint density at radius 1 is 1.00 bits per heavy atom. The van der Waals surface area contributed by atoms with Gasteiger partial charge in [0.25, 0.3) is 0 Å². The quantitative estimate of drug-likeness (QED) is 0.826. The molecule has 0 spiro atoms. The van der Waals surface area contributed by atoms with Gasteiger partial charge in [0.1, 0.15) is 0 Å². The van der Waals surface area contributed by atoms with E-state index in [0.717, 1.165) is 35.8 Å². The van der Waals surface area contributed by atoms with Gasteiger partial charge in [-0.3, -0.25) is 4.90 Å². The first kappa shape index (κ1) is 15.8. The lowest BCUT2D eigenvalue weighted by atomic mass is 9.82. The highest BCUT2D eigenvalue weighted by Gasteiger charge is 2.36. The van der Waals surface area contributed by atoms with Crippen LogP contribution in [0.15, 0.2) is 0 Å². The minimum absolute atomic E-state index is 0.756. The lowest BCUT2D eigenvalue weighted by Crippen LogP contribution is -2.61. The molecule has 3 rings (SSSR count). The Labute approximate surface area is 132 Å². The maximum absolute atomic E-state index is 3.93. The van der Waals surface area contributed by atoms with Gasteiger partial charge < -0.3 is 5.32 Å².